The average Bonchev–Trinajstić information content (AvgIpc) is 3.94. The number of benzene rings is 1. The van der Waals surface area contributed by atoms with Crippen molar-refractivity contribution < 1.29 is 37.2 Å². The number of hydrogen-bond donors (Lipinski definition) is 3. The summed E-state index contributed by atoms with van der Waals surface area (Å²) in [6.45, 7) is 14.9. The predicted octanol–water partition coefficient (Wildman–Crippen LogP) is 4.38. The SMILES string of the molecule is C=C[C@@H]1C[C@@]1(NC(=O)C1CC(O/N=C/c2cc(OC)ccc2-c2cccs2)CN1C(=O)[C@@H](CC(=O)NC(C)(C)C)C(C)(C)C)C(=O)NS(=O)(=O)C1CC1. The van der Waals surface area contributed by atoms with Crippen LogP contribution in [-0.4, -0.2) is 85.3 Å². The van der Waals surface area contributed by atoms with E-state index in [2.05, 4.69) is 27.1 Å². The first-order valence-electron chi connectivity index (χ1n) is 17.8. The number of methoxy groups -OCH3 is 1. The fourth-order valence-electron chi connectivity index (χ4n) is 6.61. The molecular formula is C38H51N5O8S2. The van der Waals surface area contributed by atoms with Crippen molar-refractivity contribution in [3.8, 4) is 16.2 Å². The molecule has 2 heterocycles. The number of rotatable bonds is 14. The normalized spacial score (nSPS) is 23.6. The molecule has 2 saturated carbocycles. The summed E-state index contributed by atoms with van der Waals surface area (Å²) in [5.74, 6) is -2.88. The highest BCUT2D eigenvalue weighted by Gasteiger charge is 2.62. The van der Waals surface area contributed by atoms with E-state index < -0.39 is 73.5 Å². The minimum Gasteiger partial charge on any atom is -0.497 e. The van der Waals surface area contributed by atoms with Gasteiger partial charge in [0.05, 0.1) is 31.0 Å². The Balaban J connectivity index is 1.41. The Kier molecular flexibility index (Phi) is 11.5. The van der Waals surface area contributed by atoms with Crippen molar-refractivity contribution in [2.45, 2.75) is 102 Å². The highest BCUT2D eigenvalue weighted by Crippen LogP contribution is 2.46. The van der Waals surface area contributed by atoms with Crippen LogP contribution in [0.15, 0.2) is 53.5 Å². The van der Waals surface area contributed by atoms with Crippen LogP contribution in [0.25, 0.3) is 10.4 Å². The maximum atomic E-state index is 14.5. The summed E-state index contributed by atoms with van der Waals surface area (Å²) in [5, 5.41) is 11.4. The molecule has 13 nitrogen and oxygen atoms in total. The molecule has 1 saturated heterocycles. The number of nitrogens with one attached hydrogen (secondary N) is 3. The first-order chi connectivity index (χ1) is 24.8. The van der Waals surface area contributed by atoms with E-state index in [0.29, 0.717) is 18.6 Å². The lowest BCUT2D eigenvalue weighted by Crippen LogP contribution is -2.57. The second-order valence-corrected chi connectivity index (χ2v) is 19.1. The quantitative estimate of drug-likeness (QED) is 0.144. The van der Waals surface area contributed by atoms with Gasteiger partial charge in [0.15, 0.2) is 0 Å². The predicted molar refractivity (Wildman–Crippen MR) is 204 cm³/mol. The van der Waals surface area contributed by atoms with Crippen LogP contribution in [0.4, 0.5) is 0 Å². The van der Waals surface area contributed by atoms with Crippen LogP contribution in [0.3, 0.4) is 0 Å². The molecule has 0 bridgehead atoms. The number of likely N-dealkylation sites (tertiary alicyclic amines) is 1. The van der Waals surface area contributed by atoms with Gasteiger partial charge in [0, 0.05) is 40.3 Å². The maximum absolute atomic E-state index is 14.5. The minimum atomic E-state index is -3.89. The van der Waals surface area contributed by atoms with E-state index in [1.807, 2.05) is 77.3 Å². The third-order valence-electron chi connectivity index (χ3n) is 9.79. The van der Waals surface area contributed by atoms with Crippen molar-refractivity contribution >= 4 is 51.2 Å². The summed E-state index contributed by atoms with van der Waals surface area (Å²) < 4.78 is 32.9. The van der Waals surface area contributed by atoms with E-state index in [1.165, 1.54) is 11.0 Å². The van der Waals surface area contributed by atoms with Crippen molar-refractivity contribution in [2.75, 3.05) is 13.7 Å². The van der Waals surface area contributed by atoms with Crippen LogP contribution in [0.2, 0.25) is 0 Å². The van der Waals surface area contributed by atoms with Gasteiger partial charge in [-0.1, -0.05) is 38.1 Å². The smallest absolute Gasteiger partial charge is 0.259 e. The van der Waals surface area contributed by atoms with Crippen LogP contribution in [0.5, 0.6) is 5.75 Å². The second-order valence-electron chi connectivity index (χ2n) is 16.2. The number of sulfonamides is 1. The Morgan fingerprint density at radius 1 is 1.13 bits per heavy atom. The summed E-state index contributed by atoms with van der Waals surface area (Å²) in [7, 11) is -2.31. The minimum absolute atomic E-state index is 0.0161. The van der Waals surface area contributed by atoms with E-state index in [4.69, 9.17) is 9.57 Å². The van der Waals surface area contributed by atoms with Gasteiger partial charge in [-0.3, -0.25) is 23.9 Å². The van der Waals surface area contributed by atoms with Gasteiger partial charge in [-0.2, -0.15) is 0 Å². The van der Waals surface area contributed by atoms with Gasteiger partial charge in [-0.05, 0) is 75.1 Å². The molecule has 5 atom stereocenters. The molecule has 0 radical (unpaired) electrons. The van der Waals surface area contributed by atoms with E-state index in [9.17, 15) is 27.6 Å². The van der Waals surface area contributed by atoms with Crippen LogP contribution in [0, 0.1) is 17.3 Å². The molecule has 1 aliphatic heterocycles. The van der Waals surface area contributed by atoms with E-state index in [1.54, 1.807) is 24.7 Å². The van der Waals surface area contributed by atoms with E-state index >= 15 is 0 Å². The number of hydrogen-bond acceptors (Lipinski definition) is 10. The van der Waals surface area contributed by atoms with Gasteiger partial charge in [0.1, 0.15) is 23.4 Å². The summed E-state index contributed by atoms with van der Waals surface area (Å²) >= 11 is 1.57. The van der Waals surface area contributed by atoms with Crippen molar-refractivity contribution in [1.82, 2.24) is 20.3 Å². The number of oxime groups is 1. The maximum Gasteiger partial charge on any atom is 0.259 e. The molecule has 3 aliphatic rings. The highest BCUT2D eigenvalue weighted by molar-refractivity contribution is 7.91. The van der Waals surface area contributed by atoms with Crippen LogP contribution in [0.1, 0.15) is 79.2 Å². The third-order valence-corrected chi connectivity index (χ3v) is 12.5. The zero-order chi connectivity index (χ0) is 38.9. The Morgan fingerprint density at radius 3 is 2.42 bits per heavy atom. The van der Waals surface area contributed by atoms with Crippen molar-refractivity contribution in [3.63, 3.8) is 0 Å². The lowest BCUT2D eigenvalue weighted by Gasteiger charge is -2.35. The Hall–Kier alpha value is -4.24. The number of ether oxygens (including phenoxy) is 1. The standard InChI is InChI=1S/C38H51N5O8S2/c1-9-24-20-38(24,35(47)42-53(48,49)27-13-14-27)41-33(45)30-18-26(22-43(30)34(46)29(36(2,3)4)19-32(44)40-37(5,6)7)51-39-21-23-17-25(50-8)12-15-28(23)31-11-10-16-52-31/h9-12,15-17,21,24,26-27,29-30H,1,13-14,18-20,22H2,2-8H3,(H,40,44)(H,41,45)(H,42,47)/b39-21+/t24-,26?,29-,30?,38+/m1/s1. The van der Waals surface area contributed by atoms with Gasteiger partial charge >= 0.3 is 0 Å². The molecule has 4 amide bonds. The van der Waals surface area contributed by atoms with Gasteiger partial charge < -0.3 is 25.1 Å². The van der Waals surface area contributed by atoms with Gasteiger partial charge in [-0.15, -0.1) is 17.9 Å². The summed E-state index contributed by atoms with van der Waals surface area (Å²) in [5.41, 5.74) is -1.06. The first-order valence-corrected chi connectivity index (χ1v) is 20.2. The van der Waals surface area contributed by atoms with Gasteiger partial charge in [-0.25, -0.2) is 8.42 Å². The first kappa shape index (κ1) is 40.0. The largest absolute Gasteiger partial charge is 0.497 e. The number of amides is 4. The fraction of sp³-hybridized carbons (Fsp3) is 0.553. The highest BCUT2D eigenvalue weighted by atomic mass is 32.2. The molecule has 3 fully saturated rings. The second kappa shape index (κ2) is 15.2. The summed E-state index contributed by atoms with van der Waals surface area (Å²) in [6.07, 6.45) is 3.35. The molecule has 5 rings (SSSR count). The van der Waals surface area contributed by atoms with Crippen molar-refractivity contribution in [3.05, 3.63) is 53.9 Å². The molecule has 2 aliphatic carbocycles. The van der Waals surface area contributed by atoms with E-state index in [0.717, 1.165) is 16.0 Å². The molecule has 53 heavy (non-hydrogen) atoms. The molecule has 0 spiro atoms. The molecule has 3 N–H and O–H groups in total. The van der Waals surface area contributed by atoms with Crippen LogP contribution < -0.4 is 20.1 Å². The molecule has 2 unspecified atom stereocenters. The third kappa shape index (κ3) is 9.47. The summed E-state index contributed by atoms with van der Waals surface area (Å²) in [4.78, 5) is 63.7. The molecule has 1 aromatic carbocycles. The fourth-order valence-corrected chi connectivity index (χ4v) is 8.75. The Bertz CT molecular complexity index is 1860. The topological polar surface area (TPSA) is 173 Å². The van der Waals surface area contributed by atoms with Crippen molar-refractivity contribution in [1.29, 1.82) is 0 Å². The molecule has 1 aromatic heterocycles. The Morgan fingerprint density at radius 2 is 1.85 bits per heavy atom. The zero-order valence-corrected chi connectivity index (χ0v) is 33.1. The lowest BCUT2D eigenvalue weighted by atomic mass is 9.77. The van der Waals surface area contributed by atoms with Gasteiger partial charge in [0.2, 0.25) is 27.7 Å². The monoisotopic (exact) mass is 769 g/mol. The number of carbonyl (C=O) groups is 4. The van der Waals surface area contributed by atoms with Crippen LogP contribution in [-0.2, 0) is 34.0 Å². The molecule has 288 valence electrons. The average molecular weight is 770 g/mol. The molecule has 2 aromatic rings. The number of nitrogens with zero attached hydrogens (tertiary/aromatic N) is 2. The summed E-state index contributed by atoms with van der Waals surface area (Å²) in [6, 6.07) is 8.46. The molecule has 15 heteroatoms. The number of thiophene rings is 1. The zero-order valence-electron chi connectivity index (χ0n) is 31.4. The number of carbonyl (C=O) groups excluding carboxylic acids is 4. The lowest BCUT2D eigenvalue weighted by molar-refractivity contribution is -0.147. The van der Waals surface area contributed by atoms with Gasteiger partial charge in [0.25, 0.3) is 5.91 Å². The van der Waals surface area contributed by atoms with Crippen molar-refractivity contribution in [2.24, 2.45) is 22.4 Å². The Labute approximate surface area is 316 Å². The van der Waals surface area contributed by atoms with E-state index in [-0.39, 0.29) is 31.7 Å². The van der Waals surface area contributed by atoms with Crippen LogP contribution >= 0.6 is 11.3 Å². The molecular weight excluding hydrogens is 719 g/mol.